The van der Waals surface area contributed by atoms with Crippen LogP contribution in [0.25, 0.3) is 11.1 Å². The van der Waals surface area contributed by atoms with Gasteiger partial charge in [-0.3, -0.25) is 0 Å². The summed E-state index contributed by atoms with van der Waals surface area (Å²) in [5.41, 5.74) is 0.972. The number of nitrogens with one attached hydrogen (secondary N) is 1. The molecule has 0 fully saturated rings. The number of sulfone groups is 2. The standard InChI is InChI=1S/C18H16N2O6S3/c1-28(23,24)13-7-8-14(12-5-3-2-4-6-12)15(9-13)29(25,26)17-11-19-16(27-17)10-20-18(21)22/h2-9,11,20H,10H2,1H3,(H,21,22). The smallest absolute Gasteiger partial charge is 0.405 e. The molecule has 0 radical (unpaired) electrons. The quantitative estimate of drug-likeness (QED) is 0.588. The number of carbonyl (C=O) groups is 1. The van der Waals surface area contributed by atoms with Crippen molar-refractivity contribution in [2.45, 2.75) is 20.5 Å². The highest BCUT2D eigenvalue weighted by atomic mass is 32.2. The third-order valence-corrected chi connectivity index (χ3v) is 8.31. The molecule has 1 aromatic heterocycles. The fourth-order valence-electron chi connectivity index (χ4n) is 2.57. The summed E-state index contributed by atoms with van der Waals surface area (Å²) in [7, 11) is -7.73. The molecule has 0 saturated heterocycles. The minimum Gasteiger partial charge on any atom is -0.465 e. The lowest BCUT2D eigenvalue weighted by molar-refractivity contribution is 0.194. The molecule has 0 atom stereocenters. The monoisotopic (exact) mass is 452 g/mol. The Morgan fingerprint density at radius 1 is 1.10 bits per heavy atom. The van der Waals surface area contributed by atoms with Gasteiger partial charge in [-0.1, -0.05) is 36.4 Å². The first-order valence-electron chi connectivity index (χ1n) is 8.15. The molecular weight excluding hydrogens is 436 g/mol. The van der Waals surface area contributed by atoms with Crippen LogP contribution < -0.4 is 5.32 Å². The first kappa shape index (κ1) is 21.0. The lowest BCUT2D eigenvalue weighted by Crippen LogP contribution is -2.19. The largest absolute Gasteiger partial charge is 0.465 e. The summed E-state index contributed by atoms with van der Waals surface area (Å²) < 4.78 is 50.4. The van der Waals surface area contributed by atoms with Crippen LogP contribution in [-0.4, -0.2) is 39.3 Å². The molecule has 1 heterocycles. The molecule has 1 amide bonds. The van der Waals surface area contributed by atoms with Gasteiger partial charge in [0.25, 0.3) is 0 Å². The first-order valence-corrected chi connectivity index (χ1v) is 12.3. The highest BCUT2D eigenvalue weighted by Gasteiger charge is 2.26. The topological polar surface area (TPSA) is 130 Å². The highest BCUT2D eigenvalue weighted by Crippen LogP contribution is 2.35. The highest BCUT2D eigenvalue weighted by molar-refractivity contribution is 7.93. The molecule has 11 heteroatoms. The van der Waals surface area contributed by atoms with Gasteiger partial charge in [0.15, 0.2) is 9.84 Å². The minimum atomic E-state index is -4.10. The van der Waals surface area contributed by atoms with E-state index in [0.29, 0.717) is 11.1 Å². The maximum absolute atomic E-state index is 13.3. The average Bonchev–Trinajstić information content (AvgIpc) is 3.16. The normalized spacial score (nSPS) is 11.9. The third-order valence-electron chi connectivity index (χ3n) is 3.94. The number of amides is 1. The van der Waals surface area contributed by atoms with Crippen molar-refractivity contribution in [3.05, 3.63) is 59.7 Å². The number of thiazole rings is 1. The first-order chi connectivity index (χ1) is 13.6. The zero-order valence-electron chi connectivity index (χ0n) is 15.1. The molecule has 0 unspecified atom stereocenters. The van der Waals surface area contributed by atoms with Crippen LogP contribution in [0.5, 0.6) is 0 Å². The average molecular weight is 453 g/mol. The zero-order valence-corrected chi connectivity index (χ0v) is 17.5. The van der Waals surface area contributed by atoms with E-state index in [0.717, 1.165) is 29.9 Å². The fourth-order valence-corrected chi connectivity index (χ4v) is 6.04. The van der Waals surface area contributed by atoms with Crippen LogP contribution in [0.1, 0.15) is 5.01 Å². The van der Waals surface area contributed by atoms with Gasteiger partial charge in [-0.25, -0.2) is 26.6 Å². The van der Waals surface area contributed by atoms with E-state index in [2.05, 4.69) is 10.3 Å². The summed E-state index contributed by atoms with van der Waals surface area (Å²) in [6.07, 6.45) is 0.890. The van der Waals surface area contributed by atoms with Gasteiger partial charge in [-0.05, 0) is 17.7 Å². The van der Waals surface area contributed by atoms with Gasteiger partial charge >= 0.3 is 6.09 Å². The maximum atomic E-state index is 13.3. The second-order valence-electron chi connectivity index (χ2n) is 6.03. The summed E-state index contributed by atoms with van der Waals surface area (Å²) in [4.78, 5) is 14.3. The van der Waals surface area contributed by atoms with Crippen molar-refractivity contribution in [2.75, 3.05) is 6.26 Å². The van der Waals surface area contributed by atoms with Crippen LogP contribution in [0.4, 0.5) is 4.79 Å². The summed E-state index contributed by atoms with van der Waals surface area (Å²) in [5.74, 6) is 0. The number of aromatic nitrogens is 1. The Labute approximate surface area is 171 Å². The van der Waals surface area contributed by atoms with E-state index >= 15 is 0 Å². The molecule has 0 spiro atoms. The number of benzene rings is 2. The van der Waals surface area contributed by atoms with Crippen LogP contribution in [0, 0.1) is 0 Å². The van der Waals surface area contributed by atoms with Gasteiger partial charge in [0, 0.05) is 11.8 Å². The molecule has 0 aliphatic carbocycles. The molecule has 2 aromatic carbocycles. The lowest BCUT2D eigenvalue weighted by atomic mass is 10.1. The van der Waals surface area contributed by atoms with E-state index in [1.54, 1.807) is 30.3 Å². The van der Waals surface area contributed by atoms with Gasteiger partial charge in [0.05, 0.1) is 22.5 Å². The van der Waals surface area contributed by atoms with Crippen molar-refractivity contribution >= 4 is 37.1 Å². The van der Waals surface area contributed by atoms with Crippen molar-refractivity contribution in [3.63, 3.8) is 0 Å². The predicted octanol–water partition coefficient (Wildman–Crippen LogP) is 2.81. The molecule has 0 saturated carbocycles. The van der Waals surface area contributed by atoms with E-state index in [9.17, 15) is 21.6 Å². The van der Waals surface area contributed by atoms with Crippen molar-refractivity contribution in [1.29, 1.82) is 0 Å². The Kier molecular flexibility index (Phi) is 5.73. The van der Waals surface area contributed by atoms with Gasteiger partial charge in [0.1, 0.15) is 9.22 Å². The maximum Gasteiger partial charge on any atom is 0.405 e. The summed E-state index contributed by atoms with van der Waals surface area (Å²) in [6, 6.07) is 12.7. The van der Waals surface area contributed by atoms with Crippen molar-refractivity contribution in [3.8, 4) is 11.1 Å². The van der Waals surface area contributed by atoms with Gasteiger partial charge in [-0.2, -0.15) is 0 Å². The predicted molar refractivity (Wildman–Crippen MR) is 107 cm³/mol. The number of hydrogen-bond acceptors (Lipinski definition) is 7. The summed E-state index contributed by atoms with van der Waals surface area (Å²) in [6.45, 7) is -0.134. The number of carboxylic acid groups (broad SMARTS) is 1. The molecule has 0 aliphatic heterocycles. The molecular formula is C18H16N2O6S3. The Bertz CT molecular complexity index is 1270. The summed E-state index contributed by atoms with van der Waals surface area (Å²) in [5, 5.41) is 11.1. The Morgan fingerprint density at radius 3 is 2.41 bits per heavy atom. The van der Waals surface area contributed by atoms with Crippen molar-refractivity contribution in [1.82, 2.24) is 10.3 Å². The molecule has 29 heavy (non-hydrogen) atoms. The van der Waals surface area contributed by atoms with Crippen LogP contribution in [0.2, 0.25) is 0 Å². The molecule has 0 bridgehead atoms. The fraction of sp³-hybridized carbons (Fsp3) is 0.111. The van der Waals surface area contributed by atoms with Crippen molar-refractivity contribution in [2.24, 2.45) is 0 Å². The number of hydrogen-bond donors (Lipinski definition) is 2. The Hall–Kier alpha value is -2.76. The number of rotatable bonds is 6. The molecule has 152 valence electrons. The van der Waals surface area contributed by atoms with Crippen LogP contribution >= 0.6 is 11.3 Å². The molecule has 0 aliphatic rings. The van der Waals surface area contributed by atoms with Gasteiger partial charge in [0.2, 0.25) is 9.84 Å². The second-order valence-corrected chi connectivity index (χ2v) is 11.3. The number of nitrogens with zero attached hydrogens (tertiary/aromatic N) is 1. The van der Waals surface area contributed by atoms with E-state index in [4.69, 9.17) is 5.11 Å². The Balaban J connectivity index is 2.15. The van der Waals surface area contributed by atoms with E-state index in [-0.39, 0.29) is 25.6 Å². The Morgan fingerprint density at radius 2 is 1.79 bits per heavy atom. The summed E-state index contributed by atoms with van der Waals surface area (Å²) >= 11 is 0.820. The van der Waals surface area contributed by atoms with Gasteiger partial charge in [-0.15, -0.1) is 11.3 Å². The van der Waals surface area contributed by atoms with Gasteiger partial charge < -0.3 is 10.4 Å². The van der Waals surface area contributed by atoms with E-state index in [1.165, 1.54) is 12.1 Å². The third kappa shape index (κ3) is 4.63. The zero-order chi connectivity index (χ0) is 21.2. The molecule has 3 rings (SSSR count). The molecule has 8 nitrogen and oxygen atoms in total. The second kappa shape index (κ2) is 7.93. The lowest BCUT2D eigenvalue weighted by Gasteiger charge is -2.11. The molecule has 2 N–H and O–H groups in total. The SMILES string of the molecule is CS(=O)(=O)c1ccc(-c2ccccc2)c(S(=O)(=O)c2cnc(CNC(=O)O)s2)c1. The van der Waals surface area contributed by atoms with E-state index < -0.39 is 25.8 Å². The van der Waals surface area contributed by atoms with E-state index in [1.807, 2.05) is 0 Å². The van der Waals surface area contributed by atoms with Crippen LogP contribution in [0.3, 0.4) is 0 Å². The van der Waals surface area contributed by atoms with Crippen LogP contribution in [0.15, 0.2) is 68.7 Å². The van der Waals surface area contributed by atoms with Crippen LogP contribution in [-0.2, 0) is 26.2 Å². The molecule has 3 aromatic rings. The van der Waals surface area contributed by atoms with Crippen molar-refractivity contribution < 1.29 is 26.7 Å². The minimum absolute atomic E-state index is 0.109.